The molecular weight excluding hydrogens is 530 g/mol. The number of hydrogen-bond donors (Lipinski definition) is 2. The lowest BCUT2D eigenvalue weighted by Crippen LogP contribution is -2.48. The Hall–Kier alpha value is -2.71. The van der Waals surface area contributed by atoms with Crippen LogP contribution in [0.3, 0.4) is 0 Å². The highest BCUT2D eigenvalue weighted by atomic mass is 32.1. The van der Waals surface area contributed by atoms with Crippen molar-refractivity contribution in [3.05, 3.63) is 52.0 Å². The molecule has 2 aromatic heterocycles. The third-order valence-corrected chi connectivity index (χ3v) is 9.01. The maximum Gasteiger partial charge on any atom is 0.252 e. The average molecular weight is 580 g/mol. The van der Waals surface area contributed by atoms with Gasteiger partial charge in [-0.05, 0) is 79.6 Å². The number of hydrogen-bond acceptors (Lipinski definition) is 5. The van der Waals surface area contributed by atoms with E-state index in [1.54, 1.807) is 11.3 Å². The van der Waals surface area contributed by atoms with Crippen LogP contribution in [-0.4, -0.2) is 58.5 Å². The summed E-state index contributed by atoms with van der Waals surface area (Å²) in [5.41, 5.74) is 2.42. The quantitative estimate of drug-likeness (QED) is 0.235. The Bertz CT molecular complexity index is 1280. The summed E-state index contributed by atoms with van der Waals surface area (Å²) in [4.78, 5) is 35.5. The van der Waals surface area contributed by atoms with E-state index in [-0.39, 0.29) is 17.7 Å². The zero-order valence-corrected chi connectivity index (χ0v) is 26.6. The highest BCUT2D eigenvalue weighted by molar-refractivity contribution is 7.09. The summed E-state index contributed by atoms with van der Waals surface area (Å²) < 4.78 is 2.36. The van der Waals surface area contributed by atoms with Crippen LogP contribution in [0.15, 0.2) is 35.7 Å². The summed E-state index contributed by atoms with van der Waals surface area (Å²) in [6.07, 6.45) is 4.51. The van der Waals surface area contributed by atoms with Gasteiger partial charge >= 0.3 is 0 Å². The van der Waals surface area contributed by atoms with Crippen LogP contribution in [0.5, 0.6) is 0 Å². The number of carbonyl (C=O) groups is 2. The van der Waals surface area contributed by atoms with Gasteiger partial charge in [0.1, 0.15) is 11.9 Å². The van der Waals surface area contributed by atoms with Crippen LogP contribution >= 0.6 is 11.3 Å². The molecule has 41 heavy (non-hydrogen) atoms. The minimum absolute atomic E-state index is 0.0910. The smallest absolute Gasteiger partial charge is 0.252 e. The molecule has 2 N–H and O–H groups in total. The van der Waals surface area contributed by atoms with Gasteiger partial charge in [-0.25, -0.2) is 4.98 Å². The maximum absolute atomic E-state index is 13.5. The molecule has 0 aliphatic carbocycles. The van der Waals surface area contributed by atoms with Gasteiger partial charge in [-0.3, -0.25) is 9.59 Å². The third-order valence-electron chi connectivity index (χ3n) is 8.13. The number of fused-ring (bicyclic) bond motifs is 1. The van der Waals surface area contributed by atoms with Gasteiger partial charge in [0.25, 0.3) is 5.91 Å². The van der Waals surface area contributed by atoms with Crippen molar-refractivity contribution in [2.75, 3.05) is 26.2 Å². The number of imidazole rings is 1. The zero-order valence-electron chi connectivity index (χ0n) is 25.8. The van der Waals surface area contributed by atoms with Crippen LogP contribution in [0, 0.1) is 17.8 Å². The van der Waals surface area contributed by atoms with E-state index in [4.69, 9.17) is 4.98 Å². The van der Waals surface area contributed by atoms with Crippen molar-refractivity contribution in [3.8, 4) is 0 Å². The Balaban J connectivity index is 1.47. The maximum atomic E-state index is 13.5. The first-order valence-corrected chi connectivity index (χ1v) is 16.4. The van der Waals surface area contributed by atoms with Crippen LogP contribution in [0.4, 0.5) is 0 Å². The fourth-order valence-electron chi connectivity index (χ4n) is 6.12. The summed E-state index contributed by atoms with van der Waals surface area (Å²) in [6, 6.07) is 9.79. The molecule has 224 valence electrons. The van der Waals surface area contributed by atoms with Crippen molar-refractivity contribution in [3.63, 3.8) is 0 Å². The standard InChI is InChI=1S/C33H49N5O2S/c1-7-26(8-2)38-30-12-11-25(17-28(30)35-31(38)18-27-10-9-15-41-27)32(39)36-29(16-22(3)4)33(40)34-19-24-13-14-37(21-24)20-23(5)6/h9-12,15,17,22-24,26,29H,7-8,13-14,16,18-21H2,1-6H3,(H,34,40)(H,36,39)/t24?,29-/m0/s1. The van der Waals surface area contributed by atoms with Gasteiger partial charge in [-0.15, -0.1) is 11.3 Å². The first-order valence-electron chi connectivity index (χ1n) is 15.5. The highest BCUT2D eigenvalue weighted by Gasteiger charge is 2.27. The molecular formula is C33H49N5O2S. The summed E-state index contributed by atoms with van der Waals surface area (Å²) >= 11 is 1.74. The van der Waals surface area contributed by atoms with E-state index in [0.29, 0.717) is 36.4 Å². The normalized spacial score (nSPS) is 16.8. The van der Waals surface area contributed by atoms with Gasteiger partial charge in [0, 0.05) is 42.5 Å². The van der Waals surface area contributed by atoms with Gasteiger partial charge in [0.2, 0.25) is 5.91 Å². The molecule has 2 amide bonds. The number of rotatable bonds is 14. The fraction of sp³-hybridized carbons (Fsp3) is 0.606. The van der Waals surface area contributed by atoms with Crippen LogP contribution < -0.4 is 10.6 Å². The summed E-state index contributed by atoms with van der Waals surface area (Å²) in [6.45, 7) is 17.0. The van der Waals surface area contributed by atoms with Gasteiger partial charge in [-0.2, -0.15) is 0 Å². The number of aromatic nitrogens is 2. The number of likely N-dealkylation sites (tertiary alicyclic amines) is 1. The molecule has 1 unspecified atom stereocenters. The Labute approximate surface area is 250 Å². The first kappa shape index (κ1) is 31.2. The van der Waals surface area contributed by atoms with Crippen LogP contribution in [0.25, 0.3) is 11.0 Å². The average Bonchev–Trinajstić information content (AvgIpc) is 3.68. The number of nitrogens with zero attached hydrogens (tertiary/aromatic N) is 3. The Kier molecular flexibility index (Phi) is 11.0. The molecule has 1 saturated heterocycles. The van der Waals surface area contributed by atoms with Crippen LogP contribution in [0.2, 0.25) is 0 Å². The van der Waals surface area contributed by atoms with E-state index in [1.165, 1.54) is 4.88 Å². The molecule has 7 nitrogen and oxygen atoms in total. The van der Waals surface area contributed by atoms with Crippen molar-refractivity contribution >= 4 is 34.2 Å². The second kappa shape index (κ2) is 14.5. The summed E-state index contributed by atoms with van der Waals surface area (Å²) in [5, 5.41) is 8.30. The van der Waals surface area contributed by atoms with Gasteiger partial charge in [-0.1, -0.05) is 47.6 Å². The van der Waals surface area contributed by atoms with E-state index < -0.39 is 6.04 Å². The highest BCUT2D eigenvalue weighted by Crippen LogP contribution is 2.28. The largest absolute Gasteiger partial charge is 0.354 e. The molecule has 0 spiro atoms. The fourth-order valence-corrected chi connectivity index (χ4v) is 6.82. The molecule has 2 atom stereocenters. The lowest BCUT2D eigenvalue weighted by atomic mass is 10.0. The SMILES string of the molecule is CCC(CC)n1c(Cc2cccs2)nc2cc(C(=O)N[C@@H](CC(C)C)C(=O)NCC3CCN(CC(C)C)C3)ccc21. The van der Waals surface area contributed by atoms with Gasteiger partial charge in [0.05, 0.1) is 11.0 Å². The van der Waals surface area contributed by atoms with E-state index in [1.807, 2.05) is 18.2 Å². The van der Waals surface area contributed by atoms with E-state index >= 15 is 0 Å². The number of benzene rings is 1. The van der Waals surface area contributed by atoms with Crippen molar-refractivity contribution < 1.29 is 9.59 Å². The Morgan fingerprint density at radius 1 is 1.10 bits per heavy atom. The third kappa shape index (κ3) is 8.19. The number of nitrogens with one attached hydrogen (secondary N) is 2. The molecule has 0 radical (unpaired) electrons. The number of thiophene rings is 1. The molecule has 1 aliphatic rings. The molecule has 0 saturated carbocycles. The second-order valence-electron chi connectivity index (χ2n) is 12.5. The van der Waals surface area contributed by atoms with E-state index in [9.17, 15) is 9.59 Å². The second-order valence-corrected chi connectivity index (χ2v) is 13.6. The van der Waals surface area contributed by atoms with Gasteiger partial charge in [0.15, 0.2) is 0 Å². The first-order chi connectivity index (χ1) is 19.7. The predicted molar refractivity (Wildman–Crippen MR) is 170 cm³/mol. The van der Waals surface area contributed by atoms with Crippen LogP contribution in [0.1, 0.15) is 94.3 Å². The topological polar surface area (TPSA) is 79.3 Å². The number of carbonyl (C=O) groups excluding carboxylic acids is 2. The van der Waals surface area contributed by atoms with Crippen molar-refractivity contribution in [1.82, 2.24) is 25.1 Å². The minimum Gasteiger partial charge on any atom is -0.354 e. The lowest BCUT2D eigenvalue weighted by molar-refractivity contribution is -0.123. The summed E-state index contributed by atoms with van der Waals surface area (Å²) in [5.74, 6) is 2.10. The molecule has 3 heterocycles. The Morgan fingerprint density at radius 2 is 1.88 bits per heavy atom. The molecule has 1 aromatic carbocycles. The molecule has 8 heteroatoms. The molecule has 4 rings (SSSR count). The molecule has 1 aliphatic heterocycles. The Morgan fingerprint density at radius 3 is 2.54 bits per heavy atom. The van der Waals surface area contributed by atoms with Gasteiger partial charge < -0.3 is 20.1 Å². The minimum atomic E-state index is -0.567. The monoisotopic (exact) mass is 579 g/mol. The number of amides is 2. The predicted octanol–water partition coefficient (Wildman–Crippen LogP) is 6.29. The van der Waals surface area contributed by atoms with Crippen LogP contribution in [-0.2, 0) is 11.2 Å². The van der Waals surface area contributed by atoms with E-state index in [0.717, 1.165) is 62.2 Å². The molecule has 1 fully saturated rings. The molecule has 3 aromatic rings. The van der Waals surface area contributed by atoms with E-state index in [2.05, 4.69) is 79.2 Å². The van der Waals surface area contributed by atoms with Crippen molar-refractivity contribution in [2.45, 2.75) is 85.7 Å². The molecule has 0 bridgehead atoms. The van der Waals surface area contributed by atoms with Crippen molar-refractivity contribution in [2.24, 2.45) is 17.8 Å². The summed E-state index contributed by atoms with van der Waals surface area (Å²) in [7, 11) is 0. The zero-order chi connectivity index (χ0) is 29.5. The lowest BCUT2D eigenvalue weighted by Gasteiger charge is -2.22. The van der Waals surface area contributed by atoms with Crippen molar-refractivity contribution in [1.29, 1.82) is 0 Å².